The van der Waals surface area contributed by atoms with Crippen molar-refractivity contribution in [2.75, 3.05) is 18.5 Å². The predicted octanol–water partition coefficient (Wildman–Crippen LogP) is 3.27. The summed E-state index contributed by atoms with van der Waals surface area (Å²) in [5, 5.41) is 4.07. The van der Waals surface area contributed by atoms with E-state index in [9.17, 15) is 0 Å². The third-order valence-corrected chi connectivity index (χ3v) is 3.36. The Balaban J connectivity index is 1.94. The van der Waals surface area contributed by atoms with Crippen LogP contribution in [-0.2, 0) is 13.1 Å². The first kappa shape index (κ1) is 15.7. The van der Waals surface area contributed by atoms with Crippen LogP contribution in [0, 0.1) is 0 Å². The van der Waals surface area contributed by atoms with Gasteiger partial charge in [-0.15, -0.1) is 0 Å². The fourth-order valence-corrected chi connectivity index (χ4v) is 2.23. The van der Waals surface area contributed by atoms with Gasteiger partial charge in [-0.05, 0) is 30.7 Å². The molecule has 0 aliphatic rings. The zero-order valence-electron chi connectivity index (χ0n) is 12.5. The first-order valence-electron chi connectivity index (χ1n) is 7.16. The van der Waals surface area contributed by atoms with Gasteiger partial charge in [-0.3, -0.25) is 4.98 Å². The molecule has 21 heavy (non-hydrogen) atoms. The number of anilines is 1. The summed E-state index contributed by atoms with van der Waals surface area (Å²) in [6.45, 7) is 4.66. The van der Waals surface area contributed by atoms with Crippen LogP contribution in [0.5, 0.6) is 0 Å². The smallest absolute Gasteiger partial charge is 0.147 e. The highest BCUT2D eigenvalue weighted by atomic mass is 35.5. The van der Waals surface area contributed by atoms with Gasteiger partial charge in [0, 0.05) is 25.2 Å². The first-order chi connectivity index (χ1) is 10.2. The molecule has 0 saturated heterocycles. The highest BCUT2D eigenvalue weighted by Crippen LogP contribution is 2.15. The maximum atomic E-state index is 6.00. The lowest BCUT2D eigenvalue weighted by atomic mass is 10.2. The van der Waals surface area contributed by atoms with Crippen molar-refractivity contribution in [3.8, 4) is 0 Å². The van der Waals surface area contributed by atoms with Crippen molar-refractivity contribution >= 4 is 17.4 Å². The quantitative estimate of drug-likeness (QED) is 0.797. The number of hydrogen-bond donors (Lipinski definition) is 1. The lowest BCUT2D eigenvalue weighted by Crippen LogP contribution is -2.19. The van der Waals surface area contributed by atoms with E-state index in [2.05, 4.69) is 33.2 Å². The molecule has 1 aromatic heterocycles. The van der Waals surface area contributed by atoms with Gasteiger partial charge in [-0.1, -0.05) is 30.7 Å². The van der Waals surface area contributed by atoms with Gasteiger partial charge in [-0.2, -0.15) is 0 Å². The molecule has 4 nitrogen and oxygen atoms in total. The van der Waals surface area contributed by atoms with Crippen molar-refractivity contribution in [3.05, 3.63) is 52.9 Å². The van der Waals surface area contributed by atoms with E-state index in [1.54, 1.807) is 0 Å². The van der Waals surface area contributed by atoms with Crippen LogP contribution in [0.1, 0.15) is 24.6 Å². The van der Waals surface area contributed by atoms with Gasteiger partial charge >= 0.3 is 0 Å². The topological polar surface area (TPSA) is 41.1 Å². The Bertz CT molecular complexity index is 556. The summed E-state index contributed by atoms with van der Waals surface area (Å²) in [5.41, 5.74) is 2.11. The molecule has 0 aliphatic carbocycles. The minimum Gasteiger partial charge on any atom is -0.354 e. The van der Waals surface area contributed by atoms with Gasteiger partial charge in [-0.25, -0.2) is 4.98 Å². The Morgan fingerprint density at radius 3 is 2.76 bits per heavy atom. The highest BCUT2D eigenvalue weighted by molar-refractivity contribution is 6.30. The van der Waals surface area contributed by atoms with Crippen LogP contribution in [0.2, 0.25) is 5.02 Å². The highest BCUT2D eigenvalue weighted by Gasteiger charge is 2.05. The van der Waals surface area contributed by atoms with E-state index in [1.807, 2.05) is 37.6 Å². The molecule has 5 heteroatoms. The largest absolute Gasteiger partial charge is 0.354 e. The molecule has 0 unspecified atom stereocenters. The Labute approximate surface area is 131 Å². The molecule has 0 radical (unpaired) electrons. The normalized spacial score (nSPS) is 10.6. The lowest BCUT2D eigenvalue weighted by molar-refractivity contribution is 0.661. The second-order valence-electron chi connectivity index (χ2n) is 5.03. The Kier molecular flexibility index (Phi) is 5.96. The minimum absolute atomic E-state index is 0.753. The van der Waals surface area contributed by atoms with Crippen LogP contribution in [0.4, 0.5) is 5.82 Å². The fourth-order valence-electron chi connectivity index (χ4n) is 2.02. The summed E-state index contributed by atoms with van der Waals surface area (Å²) >= 11 is 6.00. The maximum Gasteiger partial charge on any atom is 0.147 e. The van der Waals surface area contributed by atoms with Gasteiger partial charge in [0.05, 0.1) is 18.1 Å². The summed E-state index contributed by atoms with van der Waals surface area (Å²) in [6, 6.07) is 7.86. The summed E-state index contributed by atoms with van der Waals surface area (Å²) in [4.78, 5) is 11.0. The molecule has 112 valence electrons. The lowest BCUT2D eigenvalue weighted by Gasteiger charge is -2.18. The zero-order chi connectivity index (χ0) is 15.1. The van der Waals surface area contributed by atoms with Crippen molar-refractivity contribution in [1.82, 2.24) is 15.3 Å². The van der Waals surface area contributed by atoms with E-state index in [0.717, 1.165) is 48.2 Å². The van der Waals surface area contributed by atoms with Crippen molar-refractivity contribution in [1.29, 1.82) is 0 Å². The Morgan fingerprint density at radius 2 is 2.10 bits per heavy atom. The molecule has 2 aromatic rings. The summed E-state index contributed by atoms with van der Waals surface area (Å²) < 4.78 is 0. The van der Waals surface area contributed by atoms with Crippen LogP contribution in [0.15, 0.2) is 36.7 Å². The monoisotopic (exact) mass is 304 g/mol. The van der Waals surface area contributed by atoms with Crippen molar-refractivity contribution in [2.45, 2.75) is 26.4 Å². The van der Waals surface area contributed by atoms with Crippen molar-refractivity contribution in [3.63, 3.8) is 0 Å². The number of halogens is 1. The minimum atomic E-state index is 0.753. The number of benzene rings is 1. The van der Waals surface area contributed by atoms with E-state index < -0.39 is 0 Å². The summed E-state index contributed by atoms with van der Waals surface area (Å²) in [5.74, 6) is 0.856. The molecular weight excluding hydrogens is 284 g/mol. The fraction of sp³-hybridized carbons (Fsp3) is 0.375. The SMILES string of the molecule is CCCNCc1cnc(N(C)Cc2cccc(Cl)c2)cn1. The molecule has 0 amide bonds. The van der Waals surface area contributed by atoms with E-state index in [-0.39, 0.29) is 0 Å². The van der Waals surface area contributed by atoms with Crippen molar-refractivity contribution in [2.24, 2.45) is 0 Å². The van der Waals surface area contributed by atoms with E-state index in [0.29, 0.717) is 0 Å². The standard InChI is InChI=1S/C16H21ClN4/c1-3-7-18-9-15-10-20-16(11-19-15)21(2)12-13-5-4-6-14(17)8-13/h4-6,8,10-11,18H,3,7,9,12H2,1-2H3. The third-order valence-electron chi connectivity index (χ3n) is 3.12. The zero-order valence-corrected chi connectivity index (χ0v) is 13.3. The molecule has 1 aromatic carbocycles. The third kappa shape index (κ3) is 4.99. The second-order valence-corrected chi connectivity index (χ2v) is 5.47. The molecule has 0 spiro atoms. The number of hydrogen-bond acceptors (Lipinski definition) is 4. The number of aromatic nitrogens is 2. The maximum absolute atomic E-state index is 6.00. The van der Waals surface area contributed by atoms with Crippen LogP contribution in [-0.4, -0.2) is 23.6 Å². The Morgan fingerprint density at radius 1 is 1.24 bits per heavy atom. The molecule has 0 bridgehead atoms. The number of nitrogens with zero attached hydrogens (tertiary/aromatic N) is 3. The molecule has 0 atom stereocenters. The van der Waals surface area contributed by atoms with Crippen LogP contribution < -0.4 is 10.2 Å². The van der Waals surface area contributed by atoms with Gasteiger partial charge < -0.3 is 10.2 Å². The van der Waals surface area contributed by atoms with Crippen LogP contribution in [0.3, 0.4) is 0 Å². The molecule has 0 fully saturated rings. The average Bonchev–Trinajstić information content (AvgIpc) is 2.48. The van der Waals surface area contributed by atoms with Crippen LogP contribution in [0.25, 0.3) is 0 Å². The molecule has 1 heterocycles. The van der Waals surface area contributed by atoms with E-state index in [1.165, 1.54) is 0 Å². The number of rotatable bonds is 7. The predicted molar refractivity (Wildman–Crippen MR) is 87.6 cm³/mol. The second kappa shape index (κ2) is 7.96. The Hall–Kier alpha value is -1.65. The molecule has 0 aliphatic heterocycles. The summed E-state index contributed by atoms with van der Waals surface area (Å²) in [7, 11) is 2.00. The molecule has 1 N–H and O–H groups in total. The van der Waals surface area contributed by atoms with Gasteiger partial charge in [0.15, 0.2) is 0 Å². The van der Waals surface area contributed by atoms with E-state index in [4.69, 9.17) is 11.6 Å². The molecular formula is C16H21ClN4. The first-order valence-corrected chi connectivity index (χ1v) is 7.54. The molecule has 2 rings (SSSR count). The van der Waals surface area contributed by atoms with Crippen molar-refractivity contribution < 1.29 is 0 Å². The van der Waals surface area contributed by atoms with E-state index >= 15 is 0 Å². The van der Waals surface area contributed by atoms with Gasteiger partial charge in [0.25, 0.3) is 0 Å². The molecule has 0 saturated carbocycles. The van der Waals surface area contributed by atoms with Crippen LogP contribution >= 0.6 is 11.6 Å². The van der Waals surface area contributed by atoms with Gasteiger partial charge in [0.1, 0.15) is 5.82 Å². The van der Waals surface area contributed by atoms with Gasteiger partial charge in [0.2, 0.25) is 0 Å². The number of nitrogens with one attached hydrogen (secondary N) is 1. The summed E-state index contributed by atoms with van der Waals surface area (Å²) in [6.07, 6.45) is 4.76. The average molecular weight is 305 g/mol.